The molecular formula is C24H28ClN3O4S. The Hall–Kier alpha value is -2.13. The number of rotatable bonds is 9. The molecule has 1 aliphatic rings. The molecule has 9 heteroatoms. The first-order valence-corrected chi connectivity index (χ1v) is 12.4. The summed E-state index contributed by atoms with van der Waals surface area (Å²) in [6.07, 6.45) is 1.86. The first-order valence-electron chi connectivity index (χ1n) is 11.0. The molecule has 1 fully saturated rings. The van der Waals surface area contributed by atoms with Gasteiger partial charge in [-0.25, -0.2) is 4.98 Å². The topological polar surface area (TPSA) is 75.4 Å². The van der Waals surface area contributed by atoms with Gasteiger partial charge in [0, 0.05) is 42.2 Å². The van der Waals surface area contributed by atoms with E-state index < -0.39 is 0 Å². The van der Waals surface area contributed by atoms with Crippen molar-refractivity contribution in [3.63, 3.8) is 0 Å². The van der Waals surface area contributed by atoms with Crippen LogP contribution in [-0.2, 0) is 22.6 Å². The SMILES string of the molecule is COCCn1c(C)cc(C(=O)CSc2nc3cc(Cl)ccc3c(=O)n2CC2CCCO2)c1C. The lowest BCUT2D eigenvalue weighted by atomic mass is 10.2. The molecule has 0 aliphatic carbocycles. The Bertz CT molecular complexity index is 1230. The Balaban J connectivity index is 1.62. The van der Waals surface area contributed by atoms with E-state index in [0.29, 0.717) is 52.9 Å². The fourth-order valence-electron chi connectivity index (χ4n) is 4.25. The number of fused-ring (bicyclic) bond motifs is 1. The smallest absolute Gasteiger partial charge is 0.262 e. The minimum atomic E-state index is -0.139. The predicted molar refractivity (Wildman–Crippen MR) is 131 cm³/mol. The molecule has 0 N–H and O–H groups in total. The van der Waals surface area contributed by atoms with Crippen LogP contribution in [0.15, 0.2) is 34.2 Å². The van der Waals surface area contributed by atoms with Gasteiger partial charge in [-0.1, -0.05) is 23.4 Å². The highest BCUT2D eigenvalue weighted by atomic mass is 35.5. The van der Waals surface area contributed by atoms with Crippen LogP contribution in [0.3, 0.4) is 0 Å². The molecule has 1 aromatic carbocycles. The largest absolute Gasteiger partial charge is 0.383 e. The van der Waals surface area contributed by atoms with Crippen molar-refractivity contribution in [2.45, 2.75) is 51.0 Å². The minimum absolute atomic E-state index is 0.000809. The molecule has 0 saturated carbocycles. The Labute approximate surface area is 202 Å². The molecule has 3 aromatic rings. The number of nitrogens with zero attached hydrogens (tertiary/aromatic N) is 3. The molecule has 0 bridgehead atoms. The third kappa shape index (κ3) is 5.19. The molecule has 3 heterocycles. The van der Waals surface area contributed by atoms with Crippen molar-refractivity contribution in [1.29, 1.82) is 0 Å². The Kier molecular flexibility index (Phi) is 7.58. The maximum atomic E-state index is 13.3. The molecule has 0 spiro atoms. The maximum absolute atomic E-state index is 13.3. The van der Waals surface area contributed by atoms with Gasteiger partial charge in [-0.15, -0.1) is 0 Å². The van der Waals surface area contributed by atoms with Crippen LogP contribution in [0.1, 0.15) is 34.6 Å². The zero-order chi connectivity index (χ0) is 23.5. The van der Waals surface area contributed by atoms with Gasteiger partial charge in [0.15, 0.2) is 10.9 Å². The molecular weight excluding hydrogens is 462 g/mol. The average molecular weight is 490 g/mol. The third-order valence-electron chi connectivity index (χ3n) is 6.02. The number of carbonyl (C=O) groups excluding carboxylic acids is 1. The molecule has 33 heavy (non-hydrogen) atoms. The predicted octanol–water partition coefficient (Wildman–Crippen LogP) is 4.27. The van der Waals surface area contributed by atoms with Gasteiger partial charge in [0.2, 0.25) is 0 Å². The molecule has 1 atom stereocenters. The zero-order valence-electron chi connectivity index (χ0n) is 19.1. The van der Waals surface area contributed by atoms with Gasteiger partial charge in [-0.2, -0.15) is 0 Å². The van der Waals surface area contributed by atoms with Gasteiger partial charge >= 0.3 is 0 Å². The van der Waals surface area contributed by atoms with Gasteiger partial charge in [0.1, 0.15) is 0 Å². The van der Waals surface area contributed by atoms with E-state index in [2.05, 4.69) is 4.57 Å². The van der Waals surface area contributed by atoms with Crippen molar-refractivity contribution in [3.05, 3.63) is 56.6 Å². The summed E-state index contributed by atoms with van der Waals surface area (Å²) in [5.41, 5.74) is 3.02. The highest BCUT2D eigenvalue weighted by Gasteiger charge is 2.22. The molecule has 1 aliphatic heterocycles. The summed E-state index contributed by atoms with van der Waals surface area (Å²) in [7, 11) is 1.66. The summed E-state index contributed by atoms with van der Waals surface area (Å²) < 4.78 is 14.7. The summed E-state index contributed by atoms with van der Waals surface area (Å²) in [6.45, 7) is 6.34. The van der Waals surface area contributed by atoms with E-state index in [1.165, 1.54) is 11.8 Å². The summed E-state index contributed by atoms with van der Waals surface area (Å²) in [5, 5.41) is 1.53. The summed E-state index contributed by atoms with van der Waals surface area (Å²) >= 11 is 7.42. The van der Waals surface area contributed by atoms with Crippen LogP contribution in [0.5, 0.6) is 0 Å². The first kappa shape index (κ1) is 24.0. The van der Waals surface area contributed by atoms with E-state index in [0.717, 1.165) is 24.2 Å². The van der Waals surface area contributed by atoms with Crippen LogP contribution >= 0.6 is 23.4 Å². The van der Waals surface area contributed by atoms with E-state index in [1.807, 2.05) is 19.9 Å². The van der Waals surface area contributed by atoms with Crippen molar-refractivity contribution in [2.75, 3.05) is 26.1 Å². The number of aromatic nitrogens is 3. The van der Waals surface area contributed by atoms with Crippen LogP contribution in [-0.4, -0.2) is 52.1 Å². The number of Topliss-reactive ketones (excluding diaryl/α,β-unsaturated/α-hetero) is 1. The molecule has 0 radical (unpaired) electrons. The Morgan fingerprint density at radius 3 is 2.85 bits per heavy atom. The zero-order valence-corrected chi connectivity index (χ0v) is 20.7. The number of hydrogen-bond donors (Lipinski definition) is 0. The quantitative estimate of drug-likeness (QED) is 0.254. The van der Waals surface area contributed by atoms with Crippen LogP contribution in [0.25, 0.3) is 10.9 Å². The van der Waals surface area contributed by atoms with E-state index in [1.54, 1.807) is 29.9 Å². The van der Waals surface area contributed by atoms with E-state index in [9.17, 15) is 9.59 Å². The molecule has 1 saturated heterocycles. The molecule has 2 aromatic heterocycles. The number of hydrogen-bond acceptors (Lipinski definition) is 6. The summed E-state index contributed by atoms with van der Waals surface area (Å²) in [5.74, 6) is 0.180. The number of halogens is 1. The van der Waals surface area contributed by atoms with E-state index in [-0.39, 0.29) is 23.2 Å². The molecule has 1 unspecified atom stereocenters. The number of thioether (sulfide) groups is 1. The highest BCUT2D eigenvalue weighted by Crippen LogP contribution is 2.24. The molecule has 176 valence electrons. The fourth-order valence-corrected chi connectivity index (χ4v) is 5.31. The van der Waals surface area contributed by atoms with Gasteiger partial charge in [0.05, 0.1) is 35.9 Å². The van der Waals surface area contributed by atoms with Gasteiger partial charge < -0.3 is 14.0 Å². The number of methoxy groups -OCH3 is 1. The number of aryl methyl sites for hydroxylation is 1. The van der Waals surface area contributed by atoms with Crippen molar-refractivity contribution in [1.82, 2.24) is 14.1 Å². The summed E-state index contributed by atoms with van der Waals surface area (Å²) in [6, 6.07) is 7.00. The first-order chi connectivity index (χ1) is 15.9. The third-order valence-corrected chi connectivity index (χ3v) is 7.23. The normalized spacial score (nSPS) is 16.1. The van der Waals surface area contributed by atoms with Crippen molar-refractivity contribution in [2.24, 2.45) is 0 Å². The number of carbonyl (C=O) groups is 1. The molecule has 0 amide bonds. The lowest BCUT2D eigenvalue weighted by molar-refractivity contribution is 0.0937. The molecule has 4 rings (SSSR count). The van der Waals surface area contributed by atoms with Crippen LogP contribution < -0.4 is 5.56 Å². The summed E-state index contributed by atoms with van der Waals surface area (Å²) in [4.78, 5) is 31.1. The Morgan fingerprint density at radius 1 is 1.30 bits per heavy atom. The molecule has 7 nitrogen and oxygen atoms in total. The monoisotopic (exact) mass is 489 g/mol. The van der Waals surface area contributed by atoms with E-state index in [4.69, 9.17) is 26.1 Å². The van der Waals surface area contributed by atoms with Gasteiger partial charge in [-0.3, -0.25) is 14.2 Å². The lowest BCUT2D eigenvalue weighted by Crippen LogP contribution is -2.29. The fraction of sp³-hybridized carbons (Fsp3) is 0.458. The second-order valence-electron chi connectivity index (χ2n) is 8.25. The van der Waals surface area contributed by atoms with Crippen molar-refractivity contribution < 1.29 is 14.3 Å². The Morgan fingerprint density at radius 2 is 2.12 bits per heavy atom. The number of ketones is 1. The highest BCUT2D eigenvalue weighted by molar-refractivity contribution is 7.99. The van der Waals surface area contributed by atoms with Gasteiger partial charge in [-0.05, 0) is 51.0 Å². The average Bonchev–Trinajstić information content (AvgIpc) is 3.40. The second-order valence-corrected chi connectivity index (χ2v) is 9.63. The minimum Gasteiger partial charge on any atom is -0.383 e. The lowest BCUT2D eigenvalue weighted by Gasteiger charge is -2.16. The second kappa shape index (κ2) is 10.4. The van der Waals surface area contributed by atoms with Gasteiger partial charge in [0.25, 0.3) is 5.56 Å². The van der Waals surface area contributed by atoms with Crippen LogP contribution in [0, 0.1) is 13.8 Å². The number of benzene rings is 1. The van der Waals surface area contributed by atoms with Crippen molar-refractivity contribution in [3.8, 4) is 0 Å². The standard InChI is InChI=1S/C24H28ClN3O4S/c1-15-11-20(16(2)27(15)8-10-31-3)22(29)14-33-24-26-21-12-17(25)6-7-19(21)23(30)28(24)13-18-5-4-9-32-18/h6-7,11-12,18H,4-5,8-10,13-14H2,1-3H3. The van der Waals surface area contributed by atoms with Crippen LogP contribution in [0.2, 0.25) is 5.02 Å². The van der Waals surface area contributed by atoms with Crippen LogP contribution in [0.4, 0.5) is 0 Å². The number of ether oxygens (including phenoxy) is 2. The van der Waals surface area contributed by atoms with Crippen molar-refractivity contribution >= 4 is 40.0 Å². The maximum Gasteiger partial charge on any atom is 0.262 e. The van der Waals surface area contributed by atoms with E-state index >= 15 is 0 Å².